The van der Waals surface area contributed by atoms with Gasteiger partial charge in [-0.2, -0.15) is 0 Å². The van der Waals surface area contributed by atoms with E-state index in [4.69, 9.17) is 0 Å². The van der Waals surface area contributed by atoms with Crippen LogP contribution in [0.4, 0.5) is 5.69 Å². The Morgan fingerprint density at radius 2 is 1.63 bits per heavy atom. The second kappa shape index (κ2) is 11.5. The molecule has 2 aromatic carbocycles. The number of benzene rings is 2. The summed E-state index contributed by atoms with van der Waals surface area (Å²) in [5.41, 5.74) is 2.94. The number of nitrogens with one attached hydrogen (secondary N) is 2. The van der Waals surface area contributed by atoms with Gasteiger partial charge in [0.15, 0.2) is 5.96 Å². The molecule has 2 aromatic rings. The van der Waals surface area contributed by atoms with E-state index in [1.54, 1.807) is 38.2 Å². The lowest BCUT2D eigenvalue weighted by Gasteiger charge is -2.13. The van der Waals surface area contributed by atoms with Crippen LogP contribution in [0.3, 0.4) is 0 Å². The fraction of sp³-hybridized carbons (Fsp3) is 0.364. The van der Waals surface area contributed by atoms with Gasteiger partial charge in [-0.3, -0.25) is 19.9 Å². The third-order valence-electron chi connectivity index (χ3n) is 4.62. The minimum Gasteiger partial charge on any atom is -0.356 e. The van der Waals surface area contributed by atoms with Crippen molar-refractivity contribution in [3.8, 4) is 0 Å². The number of carbonyl (C=O) groups is 1. The SMILES string of the molecule is CN=C(NCCCCc1ccc([N+](=O)[O-])cc1)NCc1ccc(C(=O)N(C)C)cc1. The van der Waals surface area contributed by atoms with Crippen molar-refractivity contribution in [1.29, 1.82) is 0 Å². The van der Waals surface area contributed by atoms with Gasteiger partial charge in [0.05, 0.1) is 4.92 Å². The molecule has 0 fully saturated rings. The van der Waals surface area contributed by atoms with Gasteiger partial charge >= 0.3 is 0 Å². The highest BCUT2D eigenvalue weighted by Crippen LogP contribution is 2.13. The Balaban J connectivity index is 1.68. The van der Waals surface area contributed by atoms with Gasteiger partial charge in [-0.25, -0.2) is 0 Å². The van der Waals surface area contributed by atoms with Crippen LogP contribution in [0.1, 0.15) is 34.3 Å². The molecule has 8 heteroatoms. The Bertz CT molecular complexity index is 861. The first kappa shape index (κ1) is 22.9. The molecule has 8 nitrogen and oxygen atoms in total. The number of aryl methyl sites for hydroxylation is 1. The summed E-state index contributed by atoms with van der Waals surface area (Å²) >= 11 is 0. The van der Waals surface area contributed by atoms with Crippen molar-refractivity contribution >= 4 is 17.6 Å². The van der Waals surface area contributed by atoms with Gasteiger partial charge < -0.3 is 15.5 Å². The van der Waals surface area contributed by atoms with E-state index in [9.17, 15) is 14.9 Å². The minimum absolute atomic E-state index is 0.0132. The fourth-order valence-corrected chi connectivity index (χ4v) is 2.88. The number of guanidine groups is 1. The van der Waals surface area contributed by atoms with Crippen LogP contribution in [0, 0.1) is 10.1 Å². The Morgan fingerprint density at radius 1 is 1.00 bits per heavy atom. The van der Waals surface area contributed by atoms with Gasteiger partial charge in [0.2, 0.25) is 0 Å². The van der Waals surface area contributed by atoms with Gasteiger partial charge in [-0.1, -0.05) is 24.3 Å². The summed E-state index contributed by atoms with van der Waals surface area (Å²) in [5, 5.41) is 17.2. The van der Waals surface area contributed by atoms with E-state index in [-0.39, 0.29) is 16.5 Å². The molecule has 0 saturated carbocycles. The van der Waals surface area contributed by atoms with Crippen LogP contribution in [0.5, 0.6) is 0 Å². The quantitative estimate of drug-likeness (QED) is 0.217. The summed E-state index contributed by atoms with van der Waals surface area (Å²) in [6, 6.07) is 14.2. The average molecular weight is 412 g/mol. The normalized spacial score (nSPS) is 11.1. The average Bonchev–Trinajstić information content (AvgIpc) is 2.75. The van der Waals surface area contributed by atoms with E-state index in [0.29, 0.717) is 12.1 Å². The maximum atomic E-state index is 11.9. The van der Waals surface area contributed by atoms with E-state index in [1.807, 2.05) is 36.4 Å². The number of unbranched alkanes of at least 4 members (excludes halogenated alkanes) is 1. The highest BCUT2D eigenvalue weighted by molar-refractivity contribution is 5.93. The molecule has 0 aliphatic heterocycles. The number of nitro benzene ring substituents is 1. The summed E-state index contributed by atoms with van der Waals surface area (Å²) in [6.07, 6.45) is 2.81. The topological polar surface area (TPSA) is 99.9 Å². The standard InChI is InChI=1S/C22H29N5O3/c1-23-22(25-16-18-7-11-19(12-8-18)21(28)26(2)3)24-15-5-4-6-17-9-13-20(14-10-17)27(29)30/h7-14H,4-6,15-16H2,1-3H3,(H2,23,24,25). The minimum atomic E-state index is -0.385. The van der Waals surface area contributed by atoms with E-state index in [0.717, 1.165) is 42.9 Å². The lowest BCUT2D eigenvalue weighted by molar-refractivity contribution is -0.384. The van der Waals surface area contributed by atoms with Gasteiger partial charge in [0, 0.05) is 51.9 Å². The summed E-state index contributed by atoms with van der Waals surface area (Å²) in [6.45, 7) is 1.39. The molecule has 2 N–H and O–H groups in total. The monoisotopic (exact) mass is 411 g/mol. The van der Waals surface area contributed by atoms with Crippen molar-refractivity contribution in [1.82, 2.24) is 15.5 Å². The van der Waals surface area contributed by atoms with E-state index >= 15 is 0 Å². The number of nitro groups is 1. The molecule has 0 aliphatic carbocycles. The van der Waals surface area contributed by atoms with Crippen LogP contribution in [-0.2, 0) is 13.0 Å². The Kier molecular flexibility index (Phi) is 8.80. The van der Waals surface area contributed by atoms with Crippen molar-refractivity contribution in [2.75, 3.05) is 27.7 Å². The van der Waals surface area contributed by atoms with Crippen LogP contribution in [0.2, 0.25) is 0 Å². The van der Waals surface area contributed by atoms with Crippen LogP contribution >= 0.6 is 0 Å². The van der Waals surface area contributed by atoms with Crippen molar-refractivity contribution in [2.45, 2.75) is 25.8 Å². The molecule has 2 rings (SSSR count). The molecule has 0 aliphatic rings. The fourth-order valence-electron chi connectivity index (χ4n) is 2.88. The number of hydrogen-bond acceptors (Lipinski definition) is 4. The maximum Gasteiger partial charge on any atom is 0.269 e. The zero-order valence-corrected chi connectivity index (χ0v) is 17.7. The smallest absolute Gasteiger partial charge is 0.269 e. The zero-order valence-electron chi connectivity index (χ0n) is 17.7. The van der Waals surface area contributed by atoms with Crippen molar-refractivity contribution in [3.63, 3.8) is 0 Å². The molecule has 0 radical (unpaired) electrons. The van der Waals surface area contributed by atoms with Crippen molar-refractivity contribution in [2.24, 2.45) is 4.99 Å². The van der Waals surface area contributed by atoms with Gasteiger partial charge in [-0.05, 0) is 42.5 Å². The molecule has 0 aromatic heterocycles. The van der Waals surface area contributed by atoms with Crippen LogP contribution in [0.15, 0.2) is 53.5 Å². The second-order valence-corrected chi connectivity index (χ2v) is 7.13. The second-order valence-electron chi connectivity index (χ2n) is 7.13. The molecule has 30 heavy (non-hydrogen) atoms. The Hall–Kier alpha value is -3.42. The molecule has 0 bridgehead atoms. The zero-order chi connectivity index (χ0) is 21.9. The molecular formula is C22H29N5O3. The summed E-state index contributed by atoms with van der Waals surface area (Å²) in [7, 11) is 5.20. The number of hydrogen-bond donors (Lipinski definition) is 2. The van der Waals surface area contributed by atoms with Gasteiger partial charge in [-0.15, -0.1) is 0 Å². The molecule has 1 amide bonds. The lowest BCUT2D eigenvalue weighted by Crippen LogP contribution is -2.37. The van der Waals surface area contributed by atoms with Crippen LogP contribution in [-0.4, -0.2) is 49.4 Å². The summed E-state index contributed by atoms with van der Waals surface area (Å²) < 4.78 is 0. The van der Waals surface area contributed by atoms with E-state index in [2.05, 4.69) is 15.6 Å². The van der Waals surface area contributed by atoms with Crippen LogP contribution < -0.4 is 10.6 Å². The highest BCUT2D eigenvalue weighted by Gasteiger charge is 2.07. The lowest BCUT2D eigenvalue weighted by atomic mass is 10.1. The summed E-state index contributed by atoms with van der Waals surface area (Å²) in [4.78, 5) is 28.0. The number of amides is 1. The van der Waals surface area contributed by atoms with Crippen molar-refractivity contribution in [3.05, 3.63) is 75.3 Å². The maximum absolute atomic E-state index is 11.9. The predicted octanol–water partition coefficient (Wildman–Crippen LogP) is 2.98. The Labute approximate surface area is 177 Å². The molecule has 0 atom stereocenters. The molecule has 0 unspecified atom stereocenters. The van der Waals surface area contributed by atoms with Gasteiger partial charge in [0.1, 0.15) is 0 Å². The van der Waals surface area contributed by atoms with Crippen molar-refractivity contribution < 1.29 is 9.72 Å². The van der Waals surface area contributed by atoms with Crippen LogP contribution in [0.25, 0.3) is 0 Å². The van der Waals surface area contributed by atoms with E-state index < -0.39 is 0 Å². The third-order valence-corrected chi connectivity index (χ3v) is 4.62. The van der Waals surface area contributed by atoms with E-state index in [1.165, 1.54) is 0 Å². The summed E-state index contributed by atoms with van der Waals surface area (Å²) in [5.74, 6) is 0.708. The highest BCUT2D eigenvalue weighted by atomic mass is 16.6. The molecule has 0 heterocycles. The first-order valence-electron chi connectivity index (χ1n) is 9.89. The number of non-ortho nitro benzene ring substituents is 1. The number of carbonyl (C=O) groups excluding carboxylic acids is 1. The third kappa shape index (κ3) is 7.20. The number of nitrogens with zero attached hydrogens (tertiary/aromatic N) is 3. The number of rotatable bonds is 9. The molecule has 0 spiro atoms. The first-order valence-corrected chi connectivity index (χ1v) is 9.89. The number of aliphatic imine (C=N–C) groups is 1. The molecule has 0 saturated heterocycles. The Morgan fingerprint density at radius 3 is 2.20 bits per heavy atom. The first-order chi connectivity index (χ1) is 14.4. The molecular weight excluding hydrogens is 382 g/mol. The van der Waals surface area contributed by atoms with Gasteiger partial charge in [0.25, 0.3) is 11.6 Å². The predicted molar refractivity (Wildman–Crippen MR) is 119 cm³/mol. The molecule has 160 valence electrons. The largest absolute Gasteiger partial charge is 0.356 e.